The molecule has 0 spiro atoms. The molecule has 124 valence electrons. The van der Waals surface area contributed by atoms with Gasteiger partial charge in [-0.1, -0.05) is 0 Å². The first-order valence-electron chi connectivity index (χ1n) is 8.15. The van der Waals surface area contributed by atoms with Gasteiger partial charge in [-0.3, -0.25) is 4.79 Å². The first-order chi connectivity index (χ1) is 11.1. The topological polar surface area (TPSA) is 51.5 Å². The highest BCUT2D eigenvalue weighted by Gasteiger charge is 2.26. The van der Waals surface area contributed by atoms with E-state index in [-0.39, 0.29) is 24.5 Å². The molecule has 2 aromatic heterocycles. The van der Waals surface area contributed by atoms with E-state index in [1.165, 1.54) is 6.42 Å². The van der Waals surface area contributed by atoms with Crippen molar-refractivity contribution >= 4 is 33.4 Å². The van der Waals surface area contributed by atoms with Crippen molar-refractivity contribution in [3.05, 3.63) is 23.2 Å². The molecular weight excluding hydrogens is 312 g/mol. The second-order valence-corrected chi connectivity index (χ2v) is 6.89. The maximum Gasteiger partial charge on any atom is 0.355 e. The Labute approximate surface area is 139 Å². The fourth-order valence-electron chi connectivity index (χ4n) is 3.22. The zero-order chi connectivity index (χ0) is 16.4. The molecule has 0 aliphatic carbocycles. The van der Waals surface area contributed by atoms with E-state index in [0.717, 1.165) is 29.6 Å². The van der Waals surface area contributed by atoms with Gasteiger partial charge in [-0.25, -0.2) is 4.79 Å². The summed E-state index contributed by atoms with van der Waals surface area (Å²) in [5.41, 5.74) is 1.39. The molecule has 5 nitrogen and oxygen atoms in total. The highest BCUT2D eigenvalue weighted by Crippen LogP contribution is 2.26. The molecule has 1 amide bonds. The fraction of sp³-hybridized carbons (Fsp3) is 0.529. The number of nitrogens with zero attached hydrogens (tertiary/aromatic N) is 2. The summed E-state index contributed by atoms with van der Waals surface area (Å²) in [5, 5.41) is 1.98. The van der Waals surface area contributed by atoms with Crippen molar-refractivity contribution in [1.82, 2.24) is 9.47 Å². The van der Waals surface area contributed by atoms with Gasteiger partial charge in [0.05, 0.1) is 16.8 Å². The van der Waals surface area contributed by atoms with Crippen LogP contribution < -0.4 is 0 Å². The molecule has 1 aliphatic heterocycles. The number of carbonyl (C=O) groups is 2. The average molecular weight is 334 g/mol. The molecule has 3 rings (SSSR count). The van der Waals surface area contributed by atoms with Crippen LogP contribution in [-0.4, -0.2) is 40.5 Å². The molecule has 1 atom stereocenters. The fourth-order valence-corrected chi connectivity index (χ4v) is 4.04. The monoisotopic (exact) mass is 334 g/mol. The van der Waals surface area contributed by atoms with Crippen LogP contribution >= 0.6 is 11.3 Å². The standard InChI is InChI=1S/C17H22N2O3S/c1-3-22-17(21)14-10-15-13(7-9-23-15)19(14)11-16(20)18-8-5-4-6-12(18)2/h7,9-10,12H,3-6,8,11H2,1-2H3/t12-/m0/s1. The molecule has 23 heavy (non-hydrogen) atoms. The van der Waals surface area contributed by atoms with E-state index in [1.54, 1.807) is 22.8 Å². The lowest BCUT2D eigenvalue weighted by Gasteiger charge is -2.33. The van der Waals surface area contributed by atoms with Crippen LogP contribution in [0, 0.1) is 0 Å². The summed E-state index contributed by atoms with van der Waals surface area (Å²) in [4.78, 5) is 26.9. The number of amides is 1. The average Bonchev–Trinajstić information content (AvgIpc) is 3.10. The number of rotatable bonds is 4. The number of hydrogen-bond donors (Lipinski definition) is 0. The highest BCUT2D eigenvalue weighted by molar-refractivity contribution is 7.17. The SMILES string of the molecule is CCOC(=O)c1cc2sccc2n1CC(=O)N1CCCC[C@@H]1C. The zero-order valence-electron chi connectivity index (χ0n) is 13.6. The number of carbonyl (C=O) groups excluding carboxylic acids is 2. The molecule has 1 fully saturated rings. The molecule has 0 aromatic carbocycles. The van der Waals surface area contributed by atoms with E-state index in [1.807, 2.05) is 22.4 Å². The Balaban J connectivity index is 1.88. The third-order valence-corrected chi connectivity index (χ3v) is 5.28. The van der Waals surface area contributed by atoms with Gasteiger partial charge in [-0.05, 0) is 50.6 Å². The predicted molar refractivity (Wildman–Crippen MR) is 90.8 cm³/mol. The minimum absolute atomic E-state index is 0.0754. The van der Waals surface area contributed by atoms with Gasteiger partial charge in [0.25, 0.3) is 0 Å². The van der Waals surface area contributed by atoms with Crippen LogP contribution in [0.15, 0.2) is 17.5 Å². The van der Waals surface area contributed by atoms with Gasteiger partial charge in [0.15, 0.2) is 0 Å². The van der Waals surface area contributed by atoms with Crippen LogP contribution in [0.3, 0.4) is 0 Å². The number of esters is 1. The second-order valence-electron chi connectivity index (χ2n) is 5.94. The van der Waals surface area contributed by atoms with Gasteiger partial charge in [0.2, 0.25) is 5.91 Å². The lowest BCUT2D eigenvalue weighted by atomic mass is 10.0. The van der Waals surface area contributed by atoms with Crippen LogP contribution in [-0.2, 0) is 16.1 Å². The quantitative estimate of drug-likeness (QED) is 0.806. The summed E-state index contributed by atoms with van der Waals surface area (Å²) in [6, 6.07) is 4.05. The maximum absolute atomic E-state index is 12.7. The van der Waals surface area contributed by atoms with Gasteiger partial charge in [-0.2, -0.15) is 0 Å². The number of ether oxygens (including phenoxy) is 1. The Morgan fingerprint density at radius 3 is 2.96 bits per heavy atom. The first-order valence-corrected chi connectivity index (χ1v) is 9.03. The molecule has 1 aliphatic rings. The summed E-state index contributed by atoms with van der Waals surface area (Å²) in [6.07, 6.45) is 3.29. The minimum atomic E-state index is -0.365. The molecule has 0 N–H and O–H groups in total. The summed E-state index contributed by atoms with van der Waals surface area (Å²) in [5.74, 6) is -0.290. The Morgan fingerprint density at radius 2 is 2.22 bits per heavy atom. The highest BCUT2D eigenvalue weighted by atomic mass is 32.1. The molecule has 0 bridgehead atoms. The van der Waals surface area contributed by atoms with Gasteiger partial charge in [0.1, 0.15) is 12.2 Å². The van der Waals surface area contributed by atoms with Crippen molar-refractivity contribution in [2.24, 2.45) is 0 Å². The molecule has 1 saturated heterocycles. The first kappa shape index (κ1) is 16.1. The Bertz CT molecular complexity index is 719. The van der Waals surface area contributed by atoms with Gasteiger partial charge in [0, 0.05) is 12.6 Å². The molecular formula is C17H22N2O3S. The minimum Gasteiger partial charge on any atom is -0.461 e. The summed E-state index contributed by atoms with van der Waals surface area (Å²) >= 11 is 1.57. The lowest BCUT2D eigenvalue weighted by molar-refractivity contribution is -0.135. The number of aromatic nitrogens is 1. The van der Waals surface area contributed by atoms with Crippen molar-refractivity contribution in [2.45, 2.75) is 45.7 Å². The third kappa shape index (κ3) is 3.13. The van der Waals surface area contributed by atoms with Crippen molar-refractivity contribution < 1.29 is 14.3 Å². The molecule has 6 heteroatoms. The van der Waals surface area contributed by atoms with Crippen molar-refractivity contribution in [2.75, 3.05) is 13.2 Å². The summed E-state index contributed by atoms with van der Waals surface area (Å²) < 4.78 is 7.94. The molecule has 2 aromatic rings. The van der Waals surface area contributed by atoms with Crippen molar-refractivity contribution in [3.63, 3.8) is 0 Å². The van der Waals surface area contributed by atoms with E-state index >= 15 is 0 Å². The molecule has 0 saturated carbocycles. The zero-order valence-corrected chi connectivity index (χ0v) is 14.4. The van der Waals surface area contributed by atoms with Crippen molar-refractivity contribution in [3.8, 4) is 0 Å². The van der Waals surface area contributed by atoms with Gasteiger partial charge < -0.3 is 14.2 Å². The number of likely N-dealkylation sites (tertiary alicyclic amines) is 1. The number of fused-ring (bicyclic) bond motifs is 1. The van der Waals surface area contributed by atoms with Crippen LogP contribution in [0.25, 0.3) is 10.2 Å². The Kier molecular flexibility index (Phi) is 4.71. The van der Waals surface area contributed by atoms with Crippen LogP contribution in [0.1, 0.15) is 43.6 Å². The van der Waals surface area contributed by atoms with E-state index in [2.05, 4.69) is 6.92 Å². The normalized spacial score (nSPS) is 18.3. The van der Waals surface area contributed by atoms with E-state index in [0.29, 0.717) is 12.3 Å². The molecule has 0 unspecified atom stereocenters. The van der Waals surface area contributed by atoms with Crippen LogP contribution in [0.4, 0.5) is 0 Å². The van der Waals surface area contributed by atoms with E-state index < -0.39 is 0 Å². The van der Waals surface area contributed by atoms with Crippen LogP contribution in [0.2, 0.25) is 0 Å². The summed E-state index contributed by atoms with van der Waals surface area (Å²) in [6.45, 7) is 5.21. The number of thiophene rings is 1. The molecule has 3 heterocycles. The van der Waals surface area contributed by atoms with Crippen molar-refractivity contribution in [1.29, 1.82) is 0 Å². The Morgan fingerprint density at radius 1 is 1.39 bits per heavy atom. The van der Waals surface area contributed by atoms with Gasteiger partial charge in [-0.15, -0.1) is 11.3 Å². The molecule has 0 radical (unpaired) electrons. The third-order valence-electron chi connectivity index (χ3n) is 4.42. The lowest BCUT2D eigenvalue weighted by Crippen LogP contribution is -2.43. The maximum atomic E-state index is 12.7. The van der Waals surface area contributed by atoms with E-state index in [9.17, 15) is 9.59 Å². The second kappa shape index (κ2) is 6.74. The van der Waals surface area contributed by atoms with Gasteiger partial charge >= 0.3 is 5.97 Å². The summed E-state index contributed by atoms with van der Waals surface area (Å²) in [7, 11) is 0. The smallest absolute Gasteiger partial charge is 0.355 e. The largest absolute Gasteiger partial charge is 0.461 e. The Hall–Kier alpha value is -1.82. The number of piperidine rings is 1. The van der Waals surface area contributed by atoms with Crippen LogP contribution in [0.5, 0.6) is 0 Å². The predicted octanol–water partition coefficient (Wildman–Crippen LogP) is 3.28. The number of hydrogen-bond acceptors (Lipinski definition) is 4. The van der Waals surface area contributed by atoms with E-state index in [4.69, 9.17) is 4.74 Å².